The topological polar surface area (TPSA) is 57.6 Å². The molecule has 1 aromatic rings. The van der Waals surface area contributed by atoms with E-state index < -0.39 is 5.97 Å². The third-order valence-corrected chi connectivity index (χ3v) is 5.02. The standard InChI is InChI=1S/C16H20BrNO3/c1-10-3-4-12(7-14(10)17)8-15(19)18-6-5-13(16(20)21)11(2)9-18/h3-4,7,11,13H,5-6,8-9H2,1-2H3,(H,20,21). The zero-order valence-electron chi connectivity index (χ0n) is 12.3. The number of hydrogen-bond donors (Lipinski definition) is 1. The van der Waals surface area contributed by atoms with Crippen LogP contribution in [-0.4, -0.2) is 35.0 Å². The van der Waals surface area contributed by atoms with E-state index in [1.165, 1.54) is 0 Å². The van der Waals surface area contributed by atoms with E-state index in [1.807, 2.05) is 32.0 Å². The van der Waals surface area contributed by atoms with Gasteiger partial charge in [0.15, 0.2) is 0 Å². The molecule has 1 heterocycles. The van der Waals surface area contributed by atoms with Gasteiger partial charge in [0.05, 0.1) is 12.3 Å². The van der Waals surface area contributed by atoms with Crippen molar-refractivity contribution in [3.8, 4) is 0 Å². The van der Waals surface area contributed by atoms with Gasteiger partial charge >= 0.3 is 5.97 Å². The Kier molecular flexibility index (Phi) is 5.04. The summed E-state index contributed by atoms with van der Waals surface area (Å²) in [5, 5.41) is 9.12. The molecule has 0 spiro atoms. The Labute approximate surface area is 133 Å². The fourth-order valence-electron chi connectivity index (χ4n) is 2.77. The molecule has 1 aliphatic heterocycles. The van der Waals surface area contributed by atoms with E-state index in [0.717, 1.165) is 15.6 Å². The molecule has 1 saturated heterocycles. The van der Waals surface area contributed by atoms with Gasteiger partial charge in [-0.25, -0.2) is 0 Å². The number of likely N-dealkylation sites (tertiary alicyclic amines) is 1. The molecule has 1 aliphatic rings. The maximum atomic E-state index is 12.3. The predicted molar refractivity (Wildman–Crippen MR) is 84.1 cm³/mol. The van der Waals surface area contributed by atoms with Gasteiger partial charge in [0.2, 0.25) is 5.91 Å². The average molecular weight is 354 g/mol. The van der Waals surface area contributed by atoms with Crippen LogP contribution in [0.15, 0.2) is 22.7 Å². The summed E-state index contributed by atoms with van der Waals surface area (Å²) in [4.78, 5) is 25.2. The number of amides is 1. The first kappa shape index (κ1) is 16.0. The maximum Gasteiger partial charge on any atom is 0.306 e. The quantitative estimate of drug-likeness (QED) is 0.908. The molecule has 2 rings (SSSR count). The van der Waals surface area contributed by atoms with Crippen LogP contribution >= 0.6 is 15.9 Å². The third kappa shape index (κ3) is 3.84. The highest BCUT2D eigenvalue weighted by atomic mass is 79.9. The second-order valence-corrected chi connectivity index (χ2v) is 6.67. The van der Waals surface area contributed by atoms with Crippen LogP contribution in [0.25, 0.3) is 0 Å². The zero-order chi connectivity index (χ0) is 15.6. The van der Waals surface area contributed by atoms with Gasteiger partial charge in [-0.3, -0.25) is 9.59 Å². The Hall–Kier alpha value is -1.36. The molecule has 114 valence electrons. The van der Waals surface area contributed by atoms with Crippen LogP contribution in [0.1, 0.15) is 24.5 Å². The number of carbonyl (C=O) groups excluding carboxylic acids is 1. The molecule has 0 bridgehead atoms. The fraction of sp³-hybridized carbons (Fsp3) is 0.500. The van der Waals surface area contributed by atoms with Crippen molar-refractivity contribution in [2.75, 3.05) is 13.1 Å². The molecule has 0 aliphatic carbocycles. The summed E-state index contributed by atoms with van der Waals surface area (Å²) in [6.07, 6.45) is 0.906. The van der Waals surface area contributed by atoms with Crippen LogP contribution in [0.3, 0.4) is 0 Å². The van der Waals surface area contributed by atoms with E-state index in [0.29, 0.717) is 25.9 Å². The number of carboxylic acids is 1. The minimum Gasteiger partial charge on any atom is -0.481 e. The molecule has 1 N–H and O–H groups in total. The Bertz CT molecular complexity index is 558. The normalized spacial score (nSPS) is 22.1. The zero-order valence-corrected chi connectivity index (χ0v) is 13.9. The first-order chi connectivity index (χ1) is 9.88. The van der Waals surface area contributed by atoms with Gasteiger partial charge in [0, 0.05) is 17.6 Å². The summed E-state index contributed by atoms with van der Waals surface area (Å²) in [7, 11) is 0. The van der Waals surface area contributed by atoms with Gasteiger partial charge < -0.3 is 10.0 Å². The Morgan fingerprint density at radius 1 is 1.43 bits per heavy atom. The molecule has 0 aromatic heterocycles. The summed E-state index contributed by atoms with van der Waals surface area (Å²) in [5.41, 5.74) is 2.12. The predicted octanol–water partition coefficient (Wildman–Crippen LogP) is 2.87. The molecule has 4 nitrogen and oxygen atoms in total. The SMILES string of the molecule is Cc1ccc(CC(=O)N2CCC(C(=O)O)C(C)C2)cc1Br. The van der Waals surface area contributed by atoms with E-state index in [9.17, 15) is 9.59 Å². The smallest absolute Gasteiger partial charge is 0.306 e. The van der Waals surface area contributed by atoms with Gasteiger partial charge in [0.1, 0.15) is 0 Å². The number of halogens is 1. The molecule has 1 amide bonds. The lowest BCUT2D eigenvalue weighted by atomic mass is 9.87. The summed E-state index contributed by atoms with van der Waals surface area (Å²) < 4.78 is 1.01. The average Bonchev–Trinajstić information content (AvgIpc) is 2.42. The molecule has 1 aromatic carbocycles. The Balaban J connectivity index is 1.98. The van der Waals surface area contributed by atoms with Gasteiger partial charge in [-0.15, -0.1) is 0 Å². The molecule has 0 radical (unpaired) electrons. The third-order valence-electron chi connectivity index (χ3n) is 4.17. The van der Waals surface area contributed by atoms with Crippen LogP contribution in [0.4, 0.5) is 0 Å². The van der Waals surface area contributed by atoms with Crippen LogP contribution in [-0.2, 0) is 16.0 Å². The summed E-state index contributed by atoms with van der Waals surface area (Å²) in [6.45, 7) is 4.98. The maximum absolute atomic E-state index is 12.3. The van der Waals surface area contributed by atoms with Crippen LogP contribution in [0, 0.1) is 18.8 Å². The van der Waals surface area contributed by atoms with Crippen molar-refractivity contribution in [3.05, 3.63) is 33.8 Å². The summed E-state index contributed by atoms with van der Waals surface area (Å²) in [6, 6.07) is 5.93. The number of aliphatic carboxylic acids is 1. The molecule has 2 atom stereocenters. The Morgan fingerprint density at radius 2 is 2.14 bits per heavy atom. The minimum absolute atomic E-state index is 0.00459. The molecule has 21 heavy (non-hydrogen) atoms. The van der Waals surface area contributed by atoms with E-state index in [-0.39, 0.29) is 17.7 Å². The molecular weight excluding hydrogens is 334 g/mol. The Morgan fingerprint density at radius 3 is 2.71 bits per heavy atom. The van der Waals surface area contributed by atoms with Gasteiger partial charge in [-0.05, 0) is 36.5 Å². The number of carbonyl (C=O) groups is 2. The number of rotatable bonds is 3. The van der Waals surface area contributed by atoms with Crippen LogP contribution in [0.2, 0.25) is 0 Å². The van der Waals surface area contributed by atoms with Crippen molar-refractivity contribution < 1.29 is 14.7 Å². The van der Waals surface area contributed by atoms with E-state index >= 15 is 0 Å². The van der Waals surface area contributed by atoms with E-state index in [4.69, 9.17) is 5.11 Å². The highest BCUT2D eigenvalue weighted by Gasteiger charge is 2.32. The van der Waals surface area contributed by atoms with Crippen molar-refractivity contribution >= 4 is 27.8 Å². The van der Waals surface area contributed by atoms with Gasteiger partial charge in [0.25, 0.3) is 0 Å². The fourth-order valence-corrected chi connectivity index (χ4v) is 3.20. The molecular formula is C16H20BrNO3. The lowest BCUT2D eigenvalue weighted by molar-refractivity contribution is -0.148. The highest BCUT2D eigenvalue weighted by Crippen LogP contribution is 2.24. The minimum atomic E-state index is -0.753. The van der Waals surface area contributed by atoms with Crippen molar-refractivity contribution in [2.24, 2.45) is 11.8 Å². The molecule has 2 unspecified atom stereocenters. The van der Waals surface area contributed by atoms with Crippen molar-refractivity contribution in [2.45, 2.75) is 26.7 Å². The second kappa shape index (κ2) is 6.60. The number of nitrogens with zero attached hydrogens (tertiary/aromatic N) is 1. The number of carboxylic acid groups (broad SMARTS) is 1. The van der Waals surface area contributed by atoms with Crippen molar-refractivity contribution in [1.82, 2.24) is 4.90 Å². The van der Waals surface area contributed by atoms with Crippen LogP contribution in [0.5, 0.6) is 0 Å². The van der Waals surface area contributed by atoms with E-state index in [2.05, 4.69) is 15.9 Å². The lowest BCUT2D eigenvalue weighted by Crippen LogP contribution is -2.45. The van der Waals surface area contributed by atoms with Crippen molar-refractivity contribution in [3.63, 3.8) is 0 Å². The lowest BCUT2D eigenvalue weighted by Gasteiger charge is -2.35. The number of benzene rings is 1. The first-order valence-electron chi connectivity index (χ1n) is 7.14. The summed E-state index contributed by atoms with van der Waals surface area (Å²) >= 11 is 3.48. The van der Waals surface area contributed by atoms with Crippen LogP contribution < -0.4 is 0 Å². The highest BCUT2D eigenvalue weighted by molar-refractivity contribution is 9.10. The number of hydrogen-bond acceptors (Lipinski definition) is 2. The monoisotopic (exact) mass is 353 g/mol. The molecule has 1 fully saturated rings. The van der Waals surface area contributed by atoms with Gasteiger partial charge in [-0.1, -0.05) is 35.0 Å². The first-order valence-corrected chi connectivity index (χ1v) is 7.93. The summed E-state index contributed by atoms with van der Waals surface area (Å²) in [5.74, 6) is -1.01. The second-order valence-electron chi connectivity index (χ2n) is 5.81. The largest absolute Gasteiger partial charge is 0.481 e. The number of aryl methyl sites for hydroxylation is 1. The van der Waals surface area contributed by atoms with Gasteiger partial charge in [-0.2, -0.15) is 0 Å². The van der Waals surface area contributed by atoms with Crippen molar-refractivity contribution in [1.29, 1.82) is 0 Å². The molecule has 0 saturated carbocycles. The van der Waals surface area contributed by atoms with E-state index in [1.54, 1.807) is 4.90 Å². The number of piperidine rings is 1. The molecule has 5 heteroatoms.